The molecule has 0 saturated heterocycles. The first-order valence-corrected chi connectivity index (χ1v) is 8.07. The first-order valence-electron chi connectivity index (χ1n) is 8.07. The maximum absolute atomic E-state index is 12.6. The fraction of sp³-hybridized carbons (Fsp3) is 0.750. The molecule has 1 fully saturated rings. The van der Waals surface area contributed by atoms with Crippen molar-refractivity contribution in [2.45, 2.75) is 52.1 Å². The standard InChI is InChI=1S/C16H25N3O2/c1-4-21-9-14-15-13(17-10-19(15)11(2)3)7-8-18(14)16(20)12-5-6-12/h10-12,14H,4-9H2,1-3H3/t14-/m0/s1. The van der Waals surface area contributed by atoms with E-state index in [1.807, 2.05) is 18.2 Å². The van der Waals surface area contributed by atoms with E-state index in [0.717, 1.165) is 31.5 Å². The molecule has 116 valence electrons. The summed E-state index contributed by atoms with van der Waals surface area (Å²) in [6.45, 7) is 8.32. The summed E-state index contributed by atoms with van der Waals surface area (Å²) in [5.74, 6) is 0.563. The van der Waals surface area contributed by atoms with Crippen molar-refractivity contribution in [2.24, 2.45) is 5.92 Å². The van der Waals surface area contributed by atoms with Gasteiger partial charge in [0.25, 0.3) is 0 Å². The van der Waals surface area contributed by atoms with Gasteiger partial charge >= 0.3 is 0 Å². The van der Waals surface area contributed by atoms with Gasteiger partial charge < -0.3 is 14.2 Å². The zero-order valence-electron chi connectivity index (χ0n) is 13.2. The summed E-state index contributed by atoms with van der Waals surface area (Å²) >= 11 is 0. The zero-order chi connectivity index (χ0) is 15.0. The van der Waals surface area contributed by atoms with Crippen LogP contribution in [-0.2, 0) is 16.0 Å². The molecule has 0 spiro atoms. The van der Waals surface area contributed by atoms with Crippen molar-refractivity contribution in [3.05, 3.63) is 17.7 Å². The fourth-order valence-electron chi connectivity index (χ4n) is 3.13. The number of hydrogen-bond acceptors (Lipinski definition) is 3. The summed E-state index contributed by atoms with van der Waals surface area (Å²) in [5, 5.41) is 0. The van der Waals surface area contributed by atoms with Crippen molar-refractivity contribution in [3.63, 3.8) is 0 Å². The van der Waals surface area contributed by atoms with E-state index in [1.54, 1.807) is 0 Å². The maximum Gasteiger partial charge on any atom is 0.226 e. The summed E-state index contributed by atoms with van der Waals surface area (Å²) in [5.41, 5.74) is 2.31. The molecule has 0 aromatic carbocycles. The molecule has 0 unspecified atom stereocenters. The van der Waals surface area contributed by atoms with E-state index in [2.05, 4.69) is 23.4 Å². The van der Waals surface area contributed by atoms with Crippen LogP contribution in [-0.4, -0.2) is 40.1 Å². The number of rotatable bonds is 5. The lowest BCUT2D eigenvalue weighted by Gasteiger charge is -2.37. The third kappa shape index (κ3) is 2.71. The molecule has 3 rings (SSSR count). The molecule has 0 bridgehead atoms. The van der Waals surface area contributed by atoms with Gasteiger partial charge in [0.1, 0.15) is 0 Å². The molecule has 1 atom stereocenters. The van der Waals surface area contributed by atoms with Gasteiger partial charge in [-0.2, -0.15) is 0 Å². The van der Waals surface area contributed by atoms with E-state index < -0.39 is 0 Å². The average Bonchev–Trinajstić information content (AvgIpc) is 3.22. The lowest BCUT2D eigenvalue weighted by atomic mass is 10.0. The van der Waals surface area contributed by atoms with Crippen LogP contribution < -0.4 is 0 Å². The number of fused-ring (bicyclic) bond motifs is 1. The van der Waals surface area contributed by atoms with Crippen LogP contribution in [0.3, 0.4) is 0 Å². The second-order valence-electron chi connectivity index (χ2n) is 6.31. The van der Waals surface area contributed by atoms with Gasteiger partial charge in [-0.3, -0.25) is 4.79 Å². The first kappa shape index (κ1) is 14.6. The van der Waals surface area contributed by atoms with Crippen molar-refractivity contribution in [1.82, 2.24) is 14.5 Å². The number of nitrogens with zero attached hydrogens (tertiary/aromatic N) is 3. The van der Waals surface area contributed by atoms with E-state index in [9.17, 15) is 4.79 Å². The normalized spacial score (nSPS) is 21.7. The first-order chi connectivity index (χ1) is 10.1. The summed E-state index contributed by atoms with van der Waals surface area (Å²) in [4.78, 5) is 19.2. The van der Waals surface area contributed by atoms with E-state index in [4.69, 9.17) is 4.74 Å². The van der Waals surface area contributed by atoms with Crippen molar-refractivity contribution in [2.75, 3.05) is 19.8 Å². The predicted octanol–water partition coefficient (Wildman–Crippen LogP) is 2.34. The van der Waals surface area contributed by atoms with Crippen LogP contribution in [0.25, 0.3) is 0 Å². The van der Waals surface area contributed by atoms with Crippen LogP contribution in [0.15, 0.2) is 6.33 Å². The number of imidazole rings is 1. The molecular weight excluding hydrogens is 266 g/mol. The number of aromatic nitrogens is 2. The van der Waals surface area contributed by atoms with Crippen molar-refractivity contribution < 1.29 is 9.53 Å². The van der Waals surface area contributed by atoms with Gasteiger partial charge in [0.15, 0.2) is 0 Å². The van der Waals surface area contributed by atoms with Gasteiger partial charge in [-0.15, -0.1) is 0 Å². The maximum atomic E-state index is 12.6. The summed E-state index contributed by atoms with van der Waals surface area (Å²) in [6, 6.07) is 0.369. The van der Waals surface area contributed by atoms with E-state index >= 15 is 0 Å². The topological polar surface area (TPSA) is 47.4 Å². The quantitative estimate of drug-likeness (QED) is 0.836. The molecule has 1 saturated carbocycles. The van der Waals surface area contributed by atoms with Crippen LogP contribution in [0, 0.1) is 5.92 Å². The van der Waals surface area contributed by atoms with Crippen molar-refractivity contribution in [1.29, 1.82) is 0 Å². The second kappa shape index (κ2) is 5.79. The monoisotopic (exact) mass is 291 g/mol. The molecular formula is C16H25N3O2. The van der Waals surface area contributed by atoms with Crippen LogP contribution in [0.2, 0.25) is 0 Å². The number of hydrogen-bond donors (Lipinski definition) is 0. The highest BCUT2D eigenvalue weighted by Crippen LogP contribution is 2.37. The molecule has 1 aliphatic carbocycles. The molecule has 1 aromatic heterocycles. The lowest BCUT2D eigenvalue weighted by molar-refractivity contribution is -0.137. The van der Waals surface area contributed by atoms with Crippen molar-refractivity contribution in [3.8, 4) is 0 Å². The van der Waals surface area contributed by atoms with Gasteiger partial charge in [-0.05, 0) is 33.6 Å². The molecule has 2 aliphatic rings. The zero-order valence-corrected chi connectivity index (χ0v) is 13.2. The Labute approximate surface area is 126 Å². The highest BCUT2D eigenvalue weighted by molar-refractivity contribution is 5.81. The van der Waals surface area contributed by atoms with E-state index in [0.29, 0.717) is 25.2 Å². The molecule has 1 amide bonds. The Hall–Kier alpha value is -1.36. The number of carbonyl (C=O) groups is 1. The fourth-order valence-corrected chi connectivity index (χ4v) is 3.13. The third-order valence-corrected chi connectivity index (χ3v) is 4.44. The molecule has 2 heterocycles. The molecule has 0 radical (unpaired) electrons. The van der Waals surface area contributed by atoms with Gasteiger partial charge in [0.05, 0.1) is 30.4 Å². The smallest absolute Gasteiger partial charge is 0.226 e. The summed E-state index contributed by atoms with van der Waals surface area (Å²) < 4.78 is 7.88. The van der Waals surface area contributed by atoms with Crippen LogP contribution in [0.5, 0.6) is 0 Å². The van der Waals surface area contributed by atoms with Crippen LogP contribution in [0.1, 0.15) is 57.1 Å². The van der Waals surface area contributed by atoms with E-state index in [-0.39, 0.29) is 12.0 Å². The number of amides is 1. The van der Waals surface area contributed by atoms with E-state index in [1.165, 1.54) is 5.69 Å². The highest BCUT2D eigenvalue weighted by atomic mass is 16.5. The minimum absolute atomic E-state index is 0.0201. The Bertz CT molecular complexity index is 520. The minimum atomic E-state index is 0.0201. The lowest BCUT2D eigenvalue weighted by Crippen LogP contribution is -2.43. The van der Waals surface area contributed by atoms with Crippen molar-refractivity contribution >= 4 is 5.91 Å². The molecule has 1 aliphatic heterocycles. The van der Waals surface area contributed by atoms with Gasteiger partial charge in [-0.25, -0.2) is 4.98 Å². The van der Waals surface area contributed by atoms with Gasteiger partial charge in [0, 0.05) is 31.5 Å². The summed E-state index contributed by atoms with van der Waals surface area (Å²) in [6.07, 6.45) is 4.87. The Kier molecular flexibility index (Phi) is 4.02. The Morgan fingerprint density at radius 2 is 2.24 bits per heavy atom. The molecule has 1 aromatic rings. The Morgan fingerprint density at radius 3 is 2.86 bits per heavy atom. The molecule has 5 nitrogen and oxygen atoms in total. The Balaban J connectivity index is 1.92. The largest absolute Gasteiger partial charge is 0.379 e. The number of ether oxygens (including phenoxy) is 1. The average molecular weight is 291 g/mol. The van der Waals surface area contributed by atoms with Crippen LogP contribution in [0.4, 0.5) is 0 Å². The predicted molar refractivity (Wildman–Crippen MR) is 80.0 cm³/mol. The molecule has 0 N–H and O–H groups in total. The Morgan fingerprint density at radius 1 is 1.48 bits per heavy atom. The summed E-state index contributed by atoms with van der Waals surface area (Å²) in [7, 11) is 0. The minimum Gasteiger partial charge on any atom is -0.379 e. The van der Waals surface area contributed by atoms with Gasteiger partial charge in [-0.1, -0.05) is 0 Å². The SMILES string of the molecule is CCOC[C@H]1c2c(ncn2C(C)C)CCN1C(=O)C1CC1. The third-order valence-electron chi connectivity index (χ3n) is 4.44. The van der Waals surface area contributed by atoms with Gasteiger partial charge in [0.2, 0.25) is 5.91 Å². The highest BCUT2D eigenvalue weighted by Gasteiger charge is 2.40. The second-order valence-corrected chi connectivity index (χ2v) is 6.31. The van der Waals surface area contributed by atoms with Crippen LogP contribution >= 0.6 is 0 Å². The molecule has 5 heteroatoms. The number of carbonyl (C=O) groups excluding carboxylic acids is 1. The molecule has 21 heavy (non-hydrogen) atoms.